The summed E-state index contributed by atoms with van der Waals surface area (Å²) in [6, 6.07) is 20.9. The zero-order valence-electron chi connectivity index (χ0n) is 26.1. The maximum atomic E-state index is 14.0. The largest absolute Gasteiger partial charge is 0.454 e. The second kappa shape index (κ2) is 13.3. The van der Waals surface area contributed by atoms with Crippen LogP contribution in [0.25, 0.3) is 32.7 Å². The first-order valence-electron chi connectivity index (χ1n) is 14.9. The van der Waals surface area contributed by atoms with E-state index < -0.39 is 32.3 Å². The number of ether oxygens (including phenoxy) is 2. The number of halogens is 4. The van der Waals surface area contributed by atoms with Gasteiger partial charge in [0.15, 0.2) is 11.5 Å². The van der Waals surface area contributed by atoms with E-state index in [1.807, 2.05) is 6.07 Å². The Kier molecular flexibility index (Phi) is 8.82. The average Bonchev–Trinajstić information content (AvgIpc) is 3.87. The van der Waals surface area contributed by atoms with Crippen LogP contribution in [0.3, 0.4) is 0 Å². The molecule has 12 nitrogen and oxygen atoms in total. The van der Waals surface area contributed by atoms with Gasteiger partial charge in [0.25, 0.3) is 26.5 Å². The smallest absolute Gasteiger partial charge is 0.278 e. The van der Waals surface area contributed by atoms with Crippen LogP contribution >= 0.6 is 11.6 Å². The van der Waals surface area contributed by atoms with Gasteiger partial charge in [-0.3, -0.25) is 14.4 Å². The Balaban J connectivity index is 0.000000164. The van der Waals surface area contributed by atoms with Crippen molar-refractivity contribution >= 4 is 75.7 Å². The van der Waals surface area contributed by atoms with Crippen LogP contribution in [0, 0.1) is 17.1 Å². The Morgan fingerprint density at radius 1 is 0.865 bits per heavy atom. The maximum Gasteiger partial charge on any atom is 0.278 e. The number of hydrogen-bond donors (Lipinski definition) is 4. The third-order valence-electron chi connectivity index (χ3n) is 7.89. The molecule has 0 radical (unpaired) electrons. The molecule has 1 aliphatic rings. The summed E-state index contributed by atoms with van der Waals surface area (Å²) in [5.74, 6) is 0.255. The number of aromatic amines is 2. The van der Waals surface area contributed by atoms with Crippen molar-refractivity contribution in [3.8, 4) is 17.6 Å². The van der Waals surface area contributed by atoms with Crippen LogP contribution < -0.4 is 18.9 Å². The fourth-order valence-corrected chi connectivity index (χ4v) is 8.01. The van der Waals surface area contributed by atoms with E-state index in [4.69, 9.17) is 26.3 Å². The Morgan fingerprint density at radius 2 is 1.58 bits per heavy atom. The monoisotopic (exact) mass is 766 g/mol. The van der Waals surface area contributed by atoms with Crippen LogP contribution in [0.4, 0.5) is 24.5 Å². The number of alkyl halides is 2. The molecule has 0 saturated heterocycles. The standard InChI is InChI=1S/C18H11ClF3N3O2S.C16H11N3O4S/c19-10-3-6-13(12(20)7-10)25-28(26,27)15-8-23-17-11(15)4-1-9-2-5-14(18(21)22)24-16(9)17;17-7-10-1-3-11(4-2-10)19-24(20,21)16-8-18-13-6-15-14(5-12(13)16)22-9-23-15/h1-8,18,24-25H;1-6,8,18-19H,9H2. The van der Waals surface area contributed by atoms with E-state index in [2.05, 4.69) is 24.4 Å². The van der Waals surface area contributed by atoms with Gasteiger partial charge >= 0.3 is 0 Å². The topological polar surface area (TPSA) is 179 Å². The maximum absolute atomic E-state index is 14.0. The summed E-state index contributed by atoms with van der Waals surface area (Å²) >= 11 is 5.67. The minimum atomic E-state index is -4.18. The predicted octanol–water partition coefficient (Wildman–Crippen LogP) is 7.82. The second-order valence-corrected chi connectivity index (χ2v) is 14.9. The molecule has 7 aromatic rings. The van der Waals surface area contributed by atoms with Crippen LogP contribution in [0.15, 0.2) is 101 Å². The SMILES string of the molecule is N#Cc1ccc(NS(=O)(=O)c2c[nH]c3cc4c(cc23)OCO4)cc1.O=S(=O)(Nc1ccc(Cl)cc1F)c1cnc2c1ccc1ccc(C(F)F)[nH]c12. The van der Waals surface area contributed by atoms with Gasteiger partial charge in [-0.05, 0) is 54.6 Å². The number of pyridine rings is 1. The number of sulfonamides is 2. The Labute approximate surface area is 297 Å². The second-order valence-electron chi connectivity index (χ2n) is 11.2. The van der Waals surface area contributed by atoms with Crippen molar-refractivity contribution < 1.29 is 39.5 Å². The van der Waals surface area contributed by atoms with Crippen molar-refractivity contribution in [1.82, 2.24) is 15.0 Å². The van der Waals surface area contributed by atoms with Crippen molar-refractivity contribution in [1.29, 1.82) is 5.26 Å². The molecule has 8 rings (SSSR count). The highest BCUT2D eigenvalue weighted by Crippen LogP contribution is 2.38. The number of nitrogens with one attached hydrogen (secondary N) is 4. The third kappa shape index (κ3) is 6.62. The Morgan fingerprint density at radius 3 is 2.29 bits per heavy atom. The molecular formula is C34H22ClF3N6O6S2. The molecule has 0 unspecified atom stereocenters. The van der Waals surface area contributed by atoms with E-state index >= 15 is 0 Å². The van der Waals surface area contributed by atoms with E-state index in [1.165, 1.54) is 36.5 Å². The van der Waals surface area contributed by atoms with Gasteiger partial charge in [0.1, 0.15) is 15.6 Å². The first kappa shape index (κ1) is 34.5. The van der Waals surface area contributed by atoms with Gasteiger partial charge in [-0.15, -0.1) is 0 Å². The van der Waals surface area contributed by atoms with Gasteiger partial charge in [0.2, 0.25) is 6.79 Å². The molecule has 0 saturated carbocycles. The van der Waals surface area contributed by atoms with E-state index in [0.717, 1.165) is 12.3 Å². The molecule has 52 heavy (non-hydrogen) atoms. The normalized spacial score (nSPS) is 12.5. The predicted molar refractivity (Wildman–Crippen MR) is 187 cm³/mol. The number of nitriles is 1. The molecule has 0 amide bonds. The molecule has 4 aromatic carbocycles. The number of fused-ring (bicyclic) bond motifs is 5. The van der Waals surface area contributed by atoms with Gasteiger partial charge in [-0.1, -0.05) is 29.8 Å². The average molecular weight is 767 g/mol. The van der Waals surface area contributed by atoms with Gasteiger partial charge in [0, 0.05) is 45.3 Å². The van der Waals surface area contributed by atoms with Crippen LogP contribution in [-0.4, -0.2) is 38.6 Å². The minimum absolute atomic E-state index is 0.111. The summed E-state index contributed by atoms with van der Waals surface area (Å²) in [5.41, 5.74) is 1.40. The molecule has 0 bridgehead atoms. The lowest BCUT2D eigenvalue weighted by molar-refractivity contribution is 0.146. The number of nitrogens with zero attached hydrogens (tertiary/aromatic N) is 2. The number of aromatic nitrogens is 3. The minimum Gasteiger partial charge on any atom is -0.454 e. The van der Waals surface area contributed by atoms with Crippen LogP contribution in [-0.2, 0) is 20.0 Å². The van der Waals surface area contributed by atoms with Gasteiger partial charge in [0.05, 0.1) is 39.6 Å². The fourth-order valence-electron chi connectivity index (χ4n) is 5.41. The van der Waals surface area contributed by atoms with Gasteiger partial charge < -0.3 is 19.4 Å². The molecule has 4 N–H and O–H groups in total. The molecule has 0 fully saturated rings. The van der Waals surface area contributed by atoms with E-state index in [0.29, 0.717) is 39.0 Å². The molecule has 0 aliphatic carbocycles. The van der Waals surface area contributed by atoms with Gasteiger partial charge in [-0.2, -0.15) is 5.26 Å². The zero-order chi connectivity index (χ0) is 36.8. The molecular weight excluding hydrogens is 745 g/mol. The molecule has 1 aliphatic heterocycles. The lowest BCUT2D eigenvalue weighted by Gasteiger charge is -2.09. The first-order valence-corrected chi connectivity index (χ1v) is 18.3. The van der Waals surface area contributed by atoms with Crippen molar-refractivity contribution in [3.63, 3.8) is 0 Å². The Bertz CT molecular complexity index is 2790. The number of H-pyrrole nitrogens is 2. The highest BCUT2D eigenvalue weighted by atomic mass is 35.5. The zero-order valence-corrected chi connectivity index (χ0v) is 28.5. The van der Waals surface area contributed by atoms with E-state index in [9.17, 15) is 30.0 Å². The van der Waals surface area contributed by atoms with Crippen molar-refractivity contribution in [3.05, 3.63) is 113 Å². The van der Waals surface area contributed by atoms with Gasteiger partial charge in [-0.25, -0.2) is 30.0 Å². The molecule has 4 heterocycles. The van der Waals surface area contributed by atoms with Crippen molar-refractivity contribution in [2.24, 2.45) is 0 Å². The van der Waals surface area contributed by atoms with Crippen LogP contribution in [0.1, 0.15) is 17.7 Å². The lowest BCUT2D eigenvalue weighted by Crippen LogP contribution is -2.13. The summed E-state index contributed by atoms with van der Waals surface area (Å²) in [4.78, 5) is 9.52. The number of rotatable bonds is 7. The number of hydrogen-bond acceptors (Lipinski definition) is 8. The molecule has 0 atom stereocenters. The molecule has 18 heteroatoms. The summed E-state index contributed by atoms with van der Waals surface area (Å²) in [6.07, 6.45) is -0.193. The van der Waals surface area contributed by atoms with E-state index in [-0.39, 0.29) is 49.4 Å². The van der Waals surface area contributed by atoms with Crippen LogP contribution in [0.5, 0.6) is 11.5 Å². The van der Waals surface area contributed by atoms with Crippen LogP contribution in [0.2, 0.25) is 5.02 Å². The number of anilines is 2. The molecule has 264 valence electrons. The lowest BCUT2D eigenvalue weighted by atomic mass is 10.1. The molecule has 0 spiro atoms. The summed E-state index contributed by atoms with van der Waals surface area (Å²) in [7, 11) is -7.98. The quantitative estimate of drug-likeness (QED) is 0.127. The third-order valence-corrected chi connectivity index (χ3v) is 10.9. The summed E-state index contributed by atoms with van der Waals surface area (Å²) in [6.45, 7) is 0.119. The first-order chi connectivity index (χ1) is 24.8. The summed E-state index contributed by atoms with van der Waals surface area (Å²) in [5, 5.41) is 10.2. The Hall–Kier alpha value is -5.96. The highest BCUT2D eigenvalue weighted by Gasteiger charge is 2.24. The van der Waals surface area contributed by atoms with Crippen molar-refractivity contribution in [2.45, 2.75) is 16.2 Å². The fraction of sp³-hybridized carbons (Fsp3) is 0.0588. The van der Waals surface area contributed by atoms with Crippen molar-refractivity contribution in [2.75, 3.05) is 16.2 Å². The molecule has 3 aromatic heterocycles. The summed E-state index contributed by atoms with van der Waals surface area (Å²) < 4.78 is 106. The van der Waals surface area contributed by atoms with E-state index in [1.54, 1.807) is 42.5 Å². The number of benzene rings is 4. The highest BCUT2D eigenvalue weighted by molar-refractivity contribution is 7.93.